The zero-order chi connectivity index (χ0) is 21.5. The van der Waals surface area contributed by atoms with E-state index in [1.165, 1.54) is 33.3 Å². The van der Waals surface area contributed by atoms with Crippen molar-refractivity contribution in [2.24, 2.45) is 0 Å². The van der Waals surface area contributed by atoms with E-state index in [0.29, 0.717) is 30.4 Å². The summed E-state index contributed by atoms with van der Waals surface area (Å²) in [4.78, 5) is 27.1. The van der Waals surface area contributed by atoms with Crippen LogP contribution in [0.15, 0.2) is 42.5 Å². The molecule has 1 unspecified atom stereocenters. The Morgan fingerprint density at radius 3 is 2.17 bits per heavy atom. The van der Waals surface area contributed by atoms with E-state index in [4.69, 9.17) is 18.9 Å². The summed E-state index contributed by atoms with van der Waals surface area (Å²) in [6.45, 7) is 4.62. The van der Waals surface area contributed by atoms with Crippen LogP contribution in [0, 0.1) is 0 Å². The molecule has 2 aromatic carbocycles. The smallest absolute Gasteiger partial charge is 0.339 e. The number of morpholine rings is 1. The Labute approximate surface area is 175 Å². The molecule has 1 heterocycles. The third-order valence-corrected chi connectivity index (χ3v) is 4.75. The van der Waals surface area contributed by atoms with E-state index in [0.717, 1.165) is 18.8 Å². The van der Waals surface area contributed by atoms with Gasteiger partial charge in [-0.1, -0.05) is 0 Å². The molecular weight excluding hydrogens is 388 g/mol. The molecule has 1 saturated heterocycles. The molecule has 30 heavy (non-hydrogen) atoms. The SMILES string of the molecule is COc1cc(OC)cc(C(=O)OC(C)C(=O)Nc2ccc(N3CCOCC3)cc2)c1. The lowest BCUT2D eigenvalue weighted by Crippen LogP contribution is -2.36. The molecule has 160 valence electrons. The van der Waals surface area contributed by atoms with Gasteiger partial charge in [0.15, 0.2) is 6.10 Å². The van der Waals surface area contributed by atoms with Crippen LogP contribution >= 0.6 is 0 Å². The number of carbonyl (C=O) groups is 2. The van der Waals surface area contributed by atoms with Gasteiger partial charge in [0, 0.05) is 30.5 Å². The standard InChI is InChI=1S/C22H26N2O6/c1-15(30-22(26)16-12-19(27-2)14-20(13-16)28-3)21(25)23-17-4-6-18(7-5-17)24-8-10-29-11-9-24/h4-7,12-15H,8-11H2,1-3H3,(H,23,25). The van der Waals surface area contributed by atoms with Gasteiger partial charge in [-0.25, -0.2) is 4.79 Å². The fraction of sp³-hybridized carbons (Fsp3) is 0.364. The average molecular weight is 414 g/mol. The second kappa shape index (κ2) is 9.98. The van der Waals surface area contributed by atoms with Gasteiger partial charge in [-0.2, -0.15) is 0 Å². The van der Waals surface area contributed by atoms with E-state index in [2.05, 4.69) is 10.2 Å². The molecule has 1 aliphatic rings. The largest absolute Gasteiger partial charge is 0.497 e. The number of rotatable bonds is 7. The van der Waals surface area contributed by atoms with E-state index in [-0.39, 0.29) is 5.56 Å². The number of benzene rings is 2. The van der Waals surface area contributed by atoms with Gasteiger partial charge in [0.1, 0.15) is 11.5 Å². The minimum absolute atomic E-state index is 0.237. The van der Waals surface area contributed by atoms with Crippen LogP contribution in [0.25, 0.3) is 0 Å². The summed E-state index contributed by atoms with van der Waals surface area (Å²) in [5.41, 5.74) is 1.94. The highest BCUT2D eigenvalue weighted by Crippen LogP contribution is 2.23. The van der Waals surface area contributed by atoms with Crippen LogP contribution in [0.1, 0.15) is 17.3 Å². The van der Waals surface area contributed by atoms with Crippen LogP contribution in [0.3, 0.4) is 0 Å². The molecule has 0 saturated carbocycles. The Hall–Kier alpha value is -3.26. The molecule has 0 radical (unpaired) electrons. The molecule has 8 nitrogen and oxygen atoms in total. The predicted octanol–water partition coefficient (Wildman–Crippen LogP) is 2.72. The summed E-state index contributed by atoms with van der Waals surface area (Å²) in [6, 6.07) is 12.2. The fourth-order valence-corrected chi connectivity index (χ4v) is 3.03. The molecule has 1 N–H and O–H groups in total. The number of carbonyl (C=O) groups excluding carboxylic acids is 2. The van der Waals surface area contributed by atoms with Gasteiger partial charge in [0.05, 0.1) is 33.0 Å². The molecule has 8 heteroatoms. The van der Waals surface area contributed by atoms with Gasteiger partial charge in [-0.05, 0) is 43.3 Å². The maximum Gasteiger partial charge on any atom is 0.339 e. The zero-order valence-electron chi connectivity index (χ0n) is 17.3. The highest BCUT2D eigenvalue weighted by molar-refractivity contribution is 5.97. The van der Waals surface area contributed by atoms with Crippen molar-refractivity contribution in [2.75, 3.05) is 50.7 Å². The molecule has 0 spiro atoms. The van der Waals surface area contributed by atoms with E-state index < -0.39 is 18.0 Å². The monoisotopic (exact) mass is 414 g/mol. The molecule has 1 amide bonds. The van der Waals surface area contributed by atoms with Gasteiger partial charge >= 0.3 is 5.97 Å². The van der Waals surface area contributed by atoms with Crippen molar-refractivity contribution < 1.29 is 28.5 Å². The molecule has 0 aliphatic carbocycles. The highest BCUT2D eigenvalue weighted by atomic mass is 16.5. The summed E-state index contributed by atoms with van der Waals surface area (Å²) < 4.78 is 21.0. The van der Waals surface area contributed by atoms with Crippen molar-refractivity contribution in [1.29, 1.82) is 0 Å². The van der Waals surface area contributed by atoms with Crippen molar-refractivity contribution in [2.45, 2.75) is 13.0 Å². The summed E-state index contributed by atoms with van der Waals surface area (Å²) in [5, 5.41) is 2.77. The maximum absolute atomic E-state index is 12.4. The second-order valence-electron chi connectivity index (χ2n) is 6.78. The highest BCUT2D eigenvalue weighted by Gasteiger charge is 2.20. The minimum Gasteiger partial charge on any atom is -0.497 e. The van der Waals surface area contributed by atoms with Crippen molar-refractivity contribution >= 4 is 23.3 Å². The minimum atomic E-state index is -0.978. The van der Waals surface area contributed by atoms with Crippen molar-refractivity contribution in [3.8, 4) is 11.5 Å². The lowest BCUT2D eigenvalue weighted by molar-refractivity contribution is -0.123. The number of nitrogens with one attached hydrogen (secondary N) is 1. The number of nitrogens with zero attached hydrogens (tertiary/aromatic N) is 1. The van der Waals surface area contributed by atoms with Gasteiger partial charge in [0.2, 0.25) is 0 Å². The van der Waals surface area contributed by atoms with Gasteiger partial charge in [-0.15, -0.1) is 0 Å². The summed E-state index contributed by atoms with van der Waals surface area (Å²) in [6.07, 6.45) is -0.978. The van der Waals surface area contributed by atoms with Crippen LogP contribution in [0.5, 0.6) is 11.5 Å². The van der Waals surface area contributed by atoms with Crippen LogP contribution < -0.4 is 19.7 Å². The summed E-state index contributed by atoms with van der Waals surface area (Å²) in [7, 11) is 2.98. The first-order chi connectivity index (χ1) is 14.5. The lowest BCUT2D eigenvalue weighted by Gasteiger charge is -2.28. The Kier molecular flexibility index (Phi) is 7.13. The van der Waals surface area contributed by atoms with Crippen LogP contribution in [0.2, 0.25) is 0 Å². The average Bonchev–Trinajstić information content (AvgIpc) is 2.79. The number of ether oxygens (including phenoxy) is 4. The Morgan fingerprint density at radius 2 is 1.60 bits per heavy atom. The first kappa shape index (κ1) is 21.4. The summed E-state index contributed by atoms with van der Waals surface area (Å²) >= 11 is 0. The molecule has 0 bridgehead atoms. The number of methoxy groups -OCH3 is 2. The number of anilines is 2. The van der Waals surface area contributed by atoms with Gasteiger partial charge < -0.3 is 29.2 Å². The van der Waals surface area contributed by atoms with E-state index in [9.17, 15) is 9.59 Å². The molecule has 2 aromatic rings. The first-order valence-electron chi connectivity index (χ1n) is 9.68. The van der Waals surface area contributed by atoms with E-state index in [1.807, 2.05) is 24.3 Å². The Morgan fingerprint density at radius 1 is 1.00 bits per heavy atom. The molecule has 0 aromatic heterocycles. The van der Waals surface area contributed by atoms with Crippen molar-refractivity contribution in [1.82, 2.24) is 0 Å². The fourth-order valence-electron chi connectivity index (χ4n) is 3.03. The third-order valence-electron chi connectivity index (χ3n) is 4.75. The van der Waals surface area contributed by atoms with Gasteiger partial charge in [0.25, 0.3) is 5.91 Å². The predicted molar refractivity (Wildman–Crippen MR) is 113 cm³/mol. The normalized spacial score (nSPS) is 14.6. The van der Waals surface area contributed by atoms with Crippen LogP contribution in [-0.4, -0.2) is 58.5 Å². The third kappa shape index (κ3) is 5.42. The molecule has 1 aliphatic heterocycles. The maximum atomic E-state index is 12.4. The Bertz CT molecular complexity index is 855. The van der Waals surface area contributed by atoms with E-state index >= 15 is 0 Å². The second-order valence-corrected chi connectivity index (χ2v) is 6.78. The van der Waals surface area contributed by atoms with Crippen LogP contribution in [0.4, 0.5) is 11.4 Å². The zero-order valence-corrected chi connectivity index (χ0v) is 17.3. The molecular formula is C22H26N2O6. The molecule has 3 rings (SSSR count). The van der Waals surface area contributed by atoms with Crippen molar-refractivity contribution in [3.05, 3.63) is 48.0 Å². The summed E-state index contributed by atoms with van der Waals surface area (Å²) in [5.74, 6) is -0.146. The number of esters is 1. The van der Waals surface area contributed by atoms with Crippen molar-refractivity contribution in [3.63, 3.8) is 0 Å². The van der Waals surface area contributed by atoms with E-state index in [1.54, 1.807) is 6.07 Å². The lowest BCUT2D eigenvalue weighted by atomic mass is 10.2. The number of hydrogen-bond acceptors (Lipinski definition) is 7. The topological polar surface area (TPSA) is 86.3 Å². The van der Waals surface area contributed by atoms with Gasteiger partial charge in [-0.3, -0.25) is 4.79 Å². The molecule has 1 fully saturated rings. The van der Waals surface area contributed by atoms with Crippen LogP contribution in [-0.2, 0) is 14.3 Å². The first-order valence-corrected chi connectivity index (χ1v) is 9.68. The number of amides is 1. The molecule has 1 atom stereocenters. The Balaban J connectivity index is 1.58. The number of hydrogen-bond donors (Lipinski definition) is 1. The quantitative estimate of drug-likeness (QED) is 0.697.